The molecule has 0 spiro atoms. The topological polar surface area (TPSA) is 85.7 Å². The molecule has 0 radical (unpaired) electrons. The lowest BCUT2D eigenvalue weighted by Crippen LogP contribution is -2.45. The monoisotopic (exact) mass is 579 g/mol. The van der Waals surface area contributed by atoms with Gasteiger partial charge in [-0.05, 0) is 40.2 Å². The number of hydrogen-bond donors (Lipinski definition) is 0. The molecule has 9 nitrogen and oxygen atoms in total. The molecule has 0 amide bonds. The summed E-state index contributed by atoms with van der Waals surface area (Å²) in [5, 5.41) is 4.27. The molecule has 42 heavy (non-hydrogen) atoms. The summed E-state index contributed by atoms with van der Waals surface area (Å²) in [5.41, 5.74) is 3.39. The molecule has 2 aromatic heterocycles. The van der Waals surface area contributed by atoms with Gasteiger partial charge in [-0.1, -0.05) is 25.1 Å². The van der Waals surface area contributed by atoms with Crippen LogP contribution in [0.25, 0.3) is 11.4 Å². The maximum absolute atomic E-state index is 14.5. The molecule has 1 aromatic carbocycles. The van der Waals surface area contributed by atoms with Gasteiger partial charge in [0.2, 0.25) is 5.75 Å². The lowest BCUT2D eigenvalue weighted by Gasteiger charge is -2.29. The molecule has 0 aliphatic carbocycles. The maximum Gasteiger partial charge on any atom is 0.330 e. The average Bonchev–Trinajstić information content (AvgIpc) is 3.33. The van der Waals surface area contributed by atoms with E-state index in [0.29, 0.717) is 50.8 Å². The molecule has 2 unspecified atom stereocenters. The zero-order chi connectivity index (χ0) is 29.7. The number of ether oxygens (including phenoxy) is 2. The zero-order valence-electron chi connectivity index (χ0n) is 24.2. The number of benzene rings is 1. The van der Waals surface area contributed by atoms with Gasteiger partial charge in [0, 0.05) is 45.2 Å². The minimum absolute atomic E-state index is 0.0862. The third-order valence-electron chi connectivity index (χ3n) is 7.70. The molecule has 2 atom stereocenters. The maximum atomic E-state index is 14.5. The van der Waals surface area contributed by atoms with Gasteiger partial charge < -0.3 is 9.47 Å². The number of nitrogens with zero attached hydrogens (tertiary/aromatic N) is 6. The molecule has 0 bridgehead atoms. The summed E-state index contributed by atoms with van der Waals surface area (Å²) in [7, 11) is 3.68. The Morgan fingerprint density at radius 2 is 2.05 bits per heavy atom. The van der Waals surface area contributed by atoms with Crippen LogP contribution in [0.15, 0.2) is 66.2 Å². The van der Waals surface area contributed by atoms with E-state index in [1.54, 1.807) is 33.5 Å². The van der Waals surface area contributed by atoms with Crippen molar-refractivity contribution in [3.05, 3.63) is 72.3 Å². The second kappa shape index (κ2) is 13.0. The smallest absolute Gasteiger partial charge is 0.330 e. The lowest BCUT2D eigenvalue weighted by molar-refractivity contribution is -0.663. The highest BCUT2D eigenvalue weighted by molar-refractivity contribution is 6.44. The van der Waals surface area contributed by atoms with Gasteiger partial charge in [-0.2, -0.15) is 5.10 Å². The number of aromatic nitrogens is 4. The summed E-state index contributed by atoms with van der Waals surface area (Å²) in [6.45, 7) is 3.47. The van der Waals surface area contributed by atoms with Crippen molar-refractivity contribution >= 4 is 11.5 Å². The molecular weight excluding hydrogens is 542 g/mol. The van der Waals surface area contributed by atoms with Crippen molar-refractivity contribution in [2.24, 2.45) is 25.0 Å². The van der Waals surface area contributed by atoms with Crippen LogP contribution >= 0.6 is 0 Å². The van der Waals surface area contributed by atoms with Gasteiger partial charge in [-0.3, -0.25) is 19.4 Å². The van der Waals surface area contributed by atoms with E-state index in [4.69, 9.17) is 14.5 Å². The third kappa shape index (κ3) is 7.51. The Balaban J connectivity index is 1.22. The van der Waals surface area contributed by atoms with Crippen molar-refractivity contribution in [1.82, 2.24) is 19.7 Å². The van der Waals surface area contributed by atoms with Crippen molar-refractivity contribution in [3.8, 4) is 17.1 Å². The van der Waals surface area contributed by atoms with Crippen molar-refractivity contribution < 1.29 is 27.6 Å². The van der Waals surface area contributed by atoms with Crippen LogP contribution in [-0.4, -0.2) is 83.1 Å². The summed E-state index contributed by atoms with van der Waals surface area (Å²) in [4.78, 5) is 23.8. The number of ketones is 1. The van der Waals surface area contributed by atoms with Crippen LogP contribution in [0.5, 0.6) is 5.75 Å². The molecule has 222 valence electrons. The van der Waals surface area contributed by atoms with Crippen molar-refractivity contribution in [1.29, 1.82) is 0 Å². The Morgan fingerprint density at radius 3 is 2.79 bits per heavy atom. The normalized spacial score (nSPS) is 18.9. The molecule has 11 heteroatoms. The van der Waals surface area contributed by atoms with Gasteiger partial charge in [0.1, 0.15) is 6.20 Å². The first-order valence-corrected chi connectivity index (χ1v) is 14.2. The van der Waals surface area contributed by atoms with E-state index in [1.165, 1.54) is 6.20 Å². The van der Waals surface area contributed by atoms with E-state index in [-0.39, 0.29) is 29.9 Å². The minimum atomic E-state index is -2.99. The first-order chi connectivity index (χ1) is 20.2. The number of alkyl halides is 2. The van der Waals surface area contributed by atoms with Crippen LogP contribution in [0.1, 0.15) is 24.0 Å². The highest BCUT2D eigenvalue weighted by atomic mass is 19.3. The predicted octanol–water partition coefficient (Wildman–Crippen LogP) is 3.20. The van der Waals surface area contributed by atoms with Gasteiger partial charge in [-0.25, -0.2) is 13.3 Å². The van der Waals surface area contributed by atoms with Crippen LogP contribution < -0.4 is 9.30 Å². The number of aliphatic imine (C=N–C) groups is 1. The number of carbonyl (C=O) groups is 1. The number of hydrogen-bond acceptors (Lipinski definition) is 7. The summed E-state index contributed by atoms with van der Waals surface area (Å²) in [5.74, 6) is -1.89. The third-order valence-corrected chi connectivity index (χ3v) is 7.70. The number of halogens is 2. The molecule has 1 fully saturated rings. The number of rotatable bonds is 10. The first-order valence-electron chi connectivity index (χ1n) is 14.2. The van der Waals surface area contributed by atoms with Crippen LogP contribution in [0.3, 0.4) is 0 Å². The largest absolute Gasteiger partial charge is 0.480 e. The lowest BCUT2D eigenvalue weighted by atomic mass is 9.89. The minimum Gasteiger partial charge on any atom is -0.480 e. The van der Waals surface area contributed by atoms with E-state index in [0.717, 1.165) is 16.7 Å². The Bertz CT molecular complexity index is 1460. The quantitative estimate of drug-likeness (QED) is 0.343. The van der Waals surface area contributed by atoms with Crippen LogP contribution in [0.4, 0.5) is 8.78 Å². The van der Waals surface area contributed by atoms with E-state index >= 15 is 0 Å². The molecule has 2 aliphatic rings. The summed E-state index contributed by atoms with van der Waals surface area (Å²) in [6.07, 6.45) is 10.9. The summed E-state index contributed by atoms with van der Waals surface area (Å²) < 4.78 is 43.2. The summed E-state index contributed by atoms with van der Waals surface area (Å²) >= 11 is 0. The fourth-order valence-electron chi connectivity index (χ4n) is 5.24. The molecule has 3 aromatic rings. The van der Waals surface area contributed by atoms with Crippen LogP contribution in [0.2, 0.25) is 0 Å². The van der Waals surface area contributed by atoms with Gasteiger partial charge >= 0.3 is 5.82 Å². The van der Waals surface area contributed by atoms with Gasteiger partial charge in [0.05, 0.1) is 44.3 Å². The zero-order valence-corrected chi connectivity index (χ0v) is 24.2. The van der Waals surface area contributed by atoms with Crippen molar-refractivity contribution in [2.45, 2.75) is 25.2 Å². The molecule has 5 rings (SSSR count). The fourth-order valence-corrected chi connectivity index (χ4v) is 5.24. The first kappa shape index (κ1) is 29.7. The standard InChI is InChI=1S/C31H37F2N6O3/c1-22(26-16-36-38(3)18-26)25-7-8-29(40)28(34-15-25)14-23-5-4-6-24(13-23)30-35-17-27(19-37(30)2)42-21-31(32,33)20-39-9-11-41-12-10-39/h4-8,13,16-19,22,25H,9-12,14-15,20-21H2,1-3H3/q+1. The van der Waals surface area contributed by atoms with Crippen molar-refractivity contribution in [3.63, 3.8) is 0 Å². The molecule has 1 saturated heterocycles. The van der Waals surface area contributed by atoms with E-state index in [2.05, 4.69) is 17.0 Å². The number of allylic oxidation sites excluding steroid dienone is 1. The molecule has 2 aliphatic heterocycles. The number of aryl methyl sites for hydroxylation is 2. The highest BCUT2D eigenvalue weighted by Gasteiger charge is 2.34. The molecular formula is C31H37F2N6O3+. The number of morpholine rings is 1. The Labute approximate surface area is 244 Å². The Kier molecular flexibility index (Phi) is 9.18. The number of carbonyl (C=O) groups excluding carboxylic acids is 1. The van der Waals surface area contributed by atoms with E-state index in [1.807, 2.05) is 49.8 Å². The van der Waals surface area contributed by atoms with Gasteiger partial charge in [0.15, 0.2) is 18.6 Å². The predicted molar refractivity (Wildman–Crippen MR) is 154 cm³/mol. The van der Waals surface area contributed by atoms with Crippen LogP contribution in [-0.2, 0) is 30.0 Å². The highest BCUT2D eigenvalue weighted by Crippen LogP contribution is 2.27. The summed E-state index contributed by atoms with van der Waals surface area (Å²) in [6, 6.07) is 7.76. The van der Waals surface area contributed by atoms with E-state index in [9.17, 15) is 13.6 Å². The van der Waals surface area contributed by atoms with Gasteiger partial charge in [0.25, 0.3) is 5.92 Å². The Hall–Kier alpha value is -3.83. The molecule has 0 N–H and O–H groups in total. The van der Waals surface area contributed by atoms with E-state index < -0.39 is 12.5 Å². The average molecular weight is 580 g/mol. The molecule has 0 saturated carbocycles. The molecule has 4 heterocycles. The van der Waals surface area contributed by atoms with Crippen LogP contribution in [0, 0.1) is 5.92 Å². The second-order valence-corrected chi connectivity index (χ2v) is 11.0. The second-order valence-electron chi connectivity index (χ2n) is 11.0. The van der Waals surface area contributed by atoms with Gasteiger partial charge in [-0.15, -0.1) is 0 Å². The van der Waals surface area contributed by atoms with Crippen molar-refractivity contribution in [2.75, 3.05) is 46.0 Å². The fraction of sp³-hybridized carbons (Fsp3) is 0.452. The SMILES string of the molecule is CC(c1cnn(C)c1)C1C=CC(=O)C(Cc2cccc(-c3ncc(OCC(F)(F)CN4CCOCC4)c[n+]3C)c2)=NC1. The Morgan fingerprint density at radius 1 is 1.24 bits per heavy atom.